The first kappa shape index (κ1) is 13.9. The van der Waals surface area contributed by atoms with E-state index in [1.807, 2.05) is 27.7 Å². The summed E-state index contributed by atoms with van der Waals surface area (Å²) in [6, 6.07) is 3.31. The lowest BCUT2D eigenvalue weighted by Gasteiger charge is -2.32. The van der Waals surface area contributed by atoms with Gasteiger partial charge in [0.2, 0.25) is 5.56 Å². The van der Waals surface area contributed by atoms with Crippen molar-refractivity contribution >= 4 is 12.7 Å². The first-order valence-corrected chi connectivity index (χ1v) is 7.03. The van der Waals surface area contributed by atoms with Crippen LogP contribution in [0.25, 0.3) is 0 Å². The van der Waals surface area contributed by atoms with Crippen molar-refractivity contribution < 1.29 is 9.31 Å². The molecule has 1 aromatic rings. The molecular weight excluding hydrogens is 255 g/mol. The molecule has 2 aliphatic rings. The van der Waals surface area contributed by atoms with E-state index in [-0.39, 0.29) is 11.1 Å². The molecule has 1 aliphatic heterocycles. The van der Waals surface area contributed by atoms with Crippen molar-refractivity contribution in [2.45, 2.75) is 57.3 Å². The van der Waals surface area contributed by atoms with Gasteiger partial charge in [0.1, 0.15) is 0 Å². The van der Waals surface area contributed by atoms with Crippen molar-refractivity contribution in [3.63, 3.8) is 0 Å². The van der Waals surface area contributed by atoms with Gasteiger partial charge in [-0.05, 0) is 46.1 Å². The summed E-state index contributed by atoms with van der Waals surface area (Å²) in [7, 11) is -0.579. The summed E-state index contributed by atoms with van der Waals surface area (Å²) >= 11 is 0. The molecule has 0 atom stereocenters. The zero-order valence-corrected chi connectivity index (χ0v) is 12.4. The van der Waals surface area contributed by atoms with Crippen LogP contribution in [-0.4, -0.2) is 23.3 Å². The first-order valence-electron chi connectivity index (χ1n) is 7.03. The normalized spacial score (nSPS) is 25.8. The van der Waals surface area contributed by atoms with E-state index in [1.54, 1.807) is 6.07 Å². The van der Waals surface area contributed by atoms with Gasteiger partial charge in [-0.15, -0.1) is 0 Å². The minimum Gasteiger partial charge on any atom is -0.398 e. The summed E-state index contributed by atoms with van der Waals surface area (Å²) in [6.45, 7) is 7.96. The van der Waals surface area contributed by atoms with Crippen LogP contribution in [0.2, 0.25) is 0 Å². The van der Waals surface area contributed by atoms with Crippen molar-refractivity contribution in [1.82, 2.24) is 4.98 Å². The Morgan fingerprint density at radius 2 is 1.70 bits per heavy atom. The van der Waals surface area contributed by atoms with Gasteiger partial charge in [-0.2, -0.15) is 0 Å². The van der Waals surface area contributed by atoms with Gasteiger partial charge < -0.3 is 20.0 Å². The molecule has 1 saturated carbocycles. The average Bonchev–Trinajstić information content (AvgIpc) is 3.01. The molecule has 0 aromatic carbocycles. The number of H-pyrrole nitrogens is 1. The Balaban J connectivity index is 2.03. The fourth-order valence-electron chi connectivity index (χ4n) is 2.48. The summed E-state index contributed by atoms with van der Waals surface area (Å²) in [5.74, 6) is 0. The highest BCUT2D eigenvalue weighted by Gasteiger charge is 2.54. The molecule has 2 heterocycles. The molecule has 3 N–H and O–H groups in total. The molecule has 0 bridgehead atoms. The number of nitrogens with two attached hydrogens (primary N) is 1. The van der Waals surface area contributed by atoms with E-state index in [9.17, 15) is 4.79 Å². The molecular formula is C14H21BN2O3. The van der Waals surface area contributed by atoms with Crippen molar-refractivity contribution in [3.05, 3.63) is 28.0 Å². The number of aromatic amines is 1. The molecule has 0 unspecified atom stereocenters. The van der Waals surface area contributed by atoms with E-state index in [4.69, 9.17) is 15.0 Å². The van der Waals surface area contributed by atoms with Crippen LogP contribution in [0.4, 0.5) is 0 Å². The standard InChI is InChI=1S/C14H21BN2O3/c1-12(2)13(3,4)20-15(19-12)11-9(14(16)7-8-14)5-6-10(18)17-11/h5-6H,7-8,16H2,1-4H3,(H,17,18). The maximum atomic E-state index is 11.7. The summed E-state index contributed by atoms with van der Waals surface area (Å²) in [4.78, 5) is 14.5. The maximum Gasteiger partial charge on any atom is 0.512 e. The Morgan fingerprint density at radius 1 is 1.15 bits per heavy atom. The SMILES string of the molecule is CC1(C)OB(c2[nH]c(=O)ccc2C2(N)CC2)OC1(C)C. The van der Waals surface area contributed by atoms with Crippen molar-refractivity contribution in [2.24, 2.45) is 5.73 Å². The Morgan fingerprint density at radius 3 is 2.20 bits per heavy atom. The number of rotatable bonds is 2. The van der Waals surface area contributed by atoms with Crippen LogP contribution in [0.1, 0.15) is 46.1 Å². The van der Waals surface area contributed by atoms with E-state index in [0.29, 0.717) is 5.59 Å². The number of pyridine rings is 1. The first-order chi connectivity index (χ1) is 9.15. The van der Waals surface area contributed by atoms with Crippen LogP contribution in [0.5, 0.6) is 0 Å². The van der Waals surface area contributed by atoms with Gasteiger partial charge >= 0.3 is 7.12 Å². The van der Waals surface area contributed by atoms with E-state index in [2.05, 4.69) is 4.98 Å². The predicted molar refractivity (Wildman–Crippen MR) is 77.9 cm³/mol. The second kappa shape index (κ2) is 3.96. The Hall–Kier alpha value is -1.11. The minimum absolute atomic E-state index is 0.164. The number of aromatic nitrogens is 1. The van der Waals surface area contributed by atoms with Crippen molar-refractivity contribution in [1.29, 1.82) is 0 Å². The largest absolute Gasteiger partial charge is 0.512 e. The molecule has 1 saturated heterocycles. The van der Waals surface area contributed by atoms with Gasteiger partial charge in [0, 0.05) is 11.6 Å². The van der Waals surface area contributed by atoms with Gasteiger partial charge in [-0.3, -0.25) is 4.79 Å². The molecule has 1 aromatic heterocycles. The molecule has 20 heavy (non-hydrogen) atoms. The van der Waals surface area contributed by atoms with Crippen LogP contribution in [0.3, 0.4) is 0 Å². The third-order valence-corrected chi connectivity index (χ3v) is 4.76. The lowest BCUT2D eigenvalue weighted by Crippen LogP contribution is -2.45. The number of hydrogen-bond donors (Lipinski definition) is 2. The second-order valence-corrected chi connectivity index (χ2v) is 6.89. The molecule has 1 aliphatic carbocycles. The Labute approximate surface area is 119 Å². The van der Waals surface area contributed by atoms with Crippen molar-refractivity contribution in [3.8, 4) is 0 Å². The highest BCUT2D eigenvalue weighted by atomic mass is 16.7. The highest BCUT2D eigenvalue weighted by molar-refractivity contribution is 6.61. The molecule has 0 amide bonds. The average molecular weight is 276 g/mol. The topological polar surface area (TPSA) is 77.3 Å². The Bertz CT molecular complexity index is 589. The summed E-state index contributed by atoms with van der Waals surface area (Å²) < 4.78 is 12.0. The van der Waals surface area contributed by atoms with Gasteiger partial charge in [0.15, 0.2) is 0 Å². The van der Waals surface area contributed by atoms with E-state index < -0.39 is 18.3 Å². The van der Waals surface area contributed by atoms with E-state index in [0.717, 1.165) is 18.4 Å². The lowest BCUT2D eigenvalue weighted by molar-refractivity contribution is 0.00578. The van der Waals surface area contributed by atoms with Gasteiger partial charge in [-0.25, -0.2) is 0 Å². The number of nitrogens with one attached hydrogen (secondary N) is 1. The van der Waals surface area contributed by atoms with Crippen LogP contribution in [-0.2, 0) is 14.8 Å². The smallest absolute Gasteiger partial charge is 0.398 e. The van der Waals surface area contributed by atoms with Crippen LogP contribution < -0.4 is 16.9 Å². The molecule has 108 valence electrons. The van der Waals surface area contributed by atoms with Gasteiger partial charge in [0.05, 0.1) is 16.8 Å². The van der Waals surface area contributed by atoms with Crippen LogP contribution in [0, 0.1) is 0 Å². The second-order valence-electron chi connectivity index (χ2n) is 6.89. The molecule has 6 heteroatoms. The quantitative estimate of drug-likeness (QED) is 0.776. The molecule has 0 radical (unpaired) electrons. The van der Waals surface area contributed by atoms with Crippen LogP contribution >= 0.6 is 0 Å². The van der Waals surface area contributed by atoms with Gasteiger partial charge in [0.25, 0.3) is 0 Å². The fourth-order valence-corrected chi connectivity index (χ4v) is 2.48. The maximum absolute atomic E-state index is 11.7. The zero-order chi connectivity index (χ0) is 14.8. The van der Waals surface area contributed by atoms with E-state index in [1.165, 1.54) is 6.07 Å². The minimum atomic E-state index is -0.579. The summed E-state index contributed by atoms with van der Waals surface area (Å²) in [6.07, 6.45) is 1.84. The molecule has 3 rings (SSSR count). The van der Waals surface area contributed by atoms with Crippen LogP contribution in [0.15, 0.2) is 16.9 Å². The summed E-state index contributed by atoms with van der Waals surface area (Å²) in [5, 5.41) is 0. The molecule has 0 spiro atoms. The third kappa shape index (κ3) is 2.03. The summed E-state index contributed by atoms with van der Waals surface area (Å²) in [5.41, 5.74) is 6.49. The van der Waals surface area contributed by atoms with E-state index >= 15 is 0 Å². The van der Waals surface area contributed by atoms with Gasteiger partial charge in [-0.1, -0.05) is 6.07 Å². The third-order valence-electron chi connectivity index (χ3n) is 4.76. The zero-order valence-electron chi connectivity index (χ0n) is 12.4. The van der Waals surface area contributed by atoms with Crippen molar-refractivity contribution in [2.75, 3.05) is 0 Å². The lowest BCUT2D eigenvalue weighted by atomic mass is 9.78. The Kier molecular flexibility index (Phi) is 2.75. The fraction of sp³-hybridized carbons (Fsp3) is 0.643. The molecule has 5 nitrogen and oxygen atoms in total. The predicted octanol–water partition coefficient (Wildman–Crippen LogP) is 0.622. The monoisotopic (exact) mass is 276 g/mol. The highest BCUT2D eigenvalue weighted by Crippen LogP contribution is 2.43. The number of hydrogen-bond acceptors (Lipinski definition) is 4. The molecule has 2 fully saturated rings.